The lowest BCUT2D eigenvalue weighted by molar-refractivity contribution is -0.132. The number of amides is 1. The molecule has 1 heterocycles. The molecular formula is C33H28FN3O3. The molecule has 0 radical (unpaired) electrons. The predicted molar refractivity (Wildman–Crippen MR) is 154 cm³/mol. The molecule has 0 aliphatic rings. The molecule has 0 bridgehead atoms. The number of ether oxygens (including phenoxy) is 1. The fourth-order valence-corrected chi connectivity index (χ4v) is 4.57. The van der Waals surface area contributed by atoms with Gasteiger partial charge in [0.2, 0.25) is 5.88 Å². The molecule has 7 heteroatoms. The van der Waals surface area contributed by atoms with Gasteiger partial charge in [-0.3, -0.25) is 9.59 Å². The molecule has 0 aliphatic heterocycles. The van der Waals surface area contributed by atoms with Crippen LogP contribution in [0.1, 0.15) is 34.0 Å². The van der Waals surface area contributed by atoms with E-state index < -0.39 is 11.8 Å². The van der Waals surface area contributed by atoms with Crippen molar-refractivity contribution in [2.45, 2.75) is 27.7 Å². The normalized spacial score (nSPS) is 10.8. The Labute approximate surface area is 232 Å². The van der Waals surface area contributed by atoms with E-state index in [1.54, 1.807) is 59.3 Å². The summed E-state index contributed by atoms with van der Waals surface area (Å²) < 4.78 is 22.4. The summed E-state index contributed by atoms with van der Waals surface area (Å²) in [6, 6.07) is 26.5. The van der Waals surface area contributed by atoms with Gasteiger partial charge in [0.05, 0.1) is 11.3 Å². The molecule has 1 aromatic heterocycles. The SMILES string of the molecule is CC(=O)Oc1c(-c2ccc(NC(=O)c3ccc(C)cc3)cc2)c(-c2ccccc2F)nn1-c1ccc(C)cc1C. The van der Waals surface area contributed by atoms with Crippen molar-refractivity contribution in [2.24, 2.45) is 0 Å². The minimum atomic E-state index is -0.533. The topological polar surface area (TPSA) is 73.2 Å². The van der Waals surface area contributed by atoms with Crippen molar-refractivity contribution < 1.29 is 18.7 Å². The summed E-state index contributed by atoms with van der Waals surface area (Å²) in [4.78, 5) is 25.0. The van der Waals surface area contributed by atoms with Crippen molar-refractivity contribution in [2.75, 3.05) is 5.32 Å². The molecule has 0 atom stereocenters. The van der Waals surface area contributed by atoms with Crippen LogP contribution in [-0.2, 0) is 4.79 Å². The molecule has 0 spiro atoms. The minimum Gasteiger partial charge on any atom is -0.407 e. The van der Waals surface area contributed by atoms with Crippen LogP contribution in [0, 0.1) is 26.6 Å². The molecule has 200 valence electrons. The van der Waals surface area contributed by atoms with Gasteiger partial charge in [-0.25, -0.2) is 4.39 Å². The van der Waals surface area contributed by atoms with Gasteiger partial charge < -0.3 is 10.1 Å². The van der Waals surface area contributed by atoms with Gasteiger partial charge in [0.25, 0.3) is 5.91 Å². The Balaban J connectivity index is 1.63. The molecule has 40 heavy (non-hydrogen) atoms. The number of hydrogen-bond donors (Lipinski definition) is 1. The van der Waals surface area contributed by atoms with Crippen molar-refractivity contribution in [3.8, 4) is 34.0 Å². The number of hydrogen-bond acceptors (Lipinski definition) is 4. The molecule has 6 nitrogen and oxygen atoms in total. The quantitative estimate of drug-likeness (QED) is 0.230. The number of aromatic nitrogens is 2. The Morgan fingerprint density at radius 2 is 1.52 bits per heavy atom. The number of halogens is 1. The summed E-state index contributed by atoms with van der Waals surface area (Å²) in [6.45, 7) is 7.20. The van der Waals surface area contributed by atoms with Crippen molar-refractivity contribution >= 4 is 17.6 Å². The molecule has 0 aliphatic carbocycles. The van der Waals surface area contributed by atoms with Gasteiger partial charge in [-0.1, -0.05) is 59.7 Å². The van der Waals surface area contributed by atoms with Crippen molar-refractivity contribution in [3.63, 3.8) is 0 Å². The largest absolute Gasteiger partial charge is 0.407 e. The van der Waals surface area contributed by atoms with Gasteiger partial charge in [0, 0.05) is 23.7 Å². The van der Waals surface area contributed by atoms with Gasteiger partial charge in [0.1, 0.15) is 11.5 Å². The van der Waals surface area contributed by atoms with Gasteiger partial charge in [-0.2, -0.15) is 9.78 Å². The number of nitrogens with zero attached hydrogens (tertiary/aromatic N) is 2. The molecule has 0 saturated carbocycles. The van der Waals surface area contributed by atoms with E-state index in [4.69, 9.17) is 9.84 Å². The number of rotatable bonds is 6. The summed E-state index contributed by atoms with van der Waals surface area (Å²) >= 11 is 0. The number of aryl methyl sites for hydroxylation is 3. The summed E-state index contributed by atoms with van der Waals surface area (Å²) in [5, 5.41) is 7.68. The van der Waals surface area contributed by atoms with Crippen LogP contribution in [0.3, 0.4) is 0 Å². The lowest BCUT2D eigenvalue weighted by atomic mass is 10.0. The first-order chi connectivity index (χ1) is 19.2. The Bertz CT molecular complexity index is 1720. The highest BCUT2D eigenvalue weighted by molar-refractivity contribution is 6.04. The highest BCUT2D eigenvalue weighted by Gasteiger charge is 2.26. The zero-order valence-electron chi connectivity index (χ0n) is 22.7. The maximum atomic E-state index is 15.1. The van der Waals surface area contributed by atoms with Crippen LogP contribution in [0.25, 0.3) is 28.1 Å². The summed E-state index contributed by atoms with van der Waals surface area (Å²) in [7, 11) is 0. The average molecular weight is 534 g/mol. The van der Waals surface area contributed by atoms with E-state index in [1.807, 2.05) is 51.1 Å². The first-order valence-electron chi connectivity index (χ1n) is 12.8. The molecule has 0 unspecified atom stereocenters. The molecule has 1 amide bonds. The fraction of sp³-hybridized carbons (Fsp3) is 0.121. The van der Waals surface area contributed by atoms with Crippen LogP contribution in [0.5, 0.6) is 5.88 Å². The lowest BCUT2D eigenvalue weighted by Gasteiger charge is -2.12. The second-order valence-corrected chi connectivity index (χ2v) is 9.70. The average Bonchev–Trinajstić information content (AvgIpc) is 3.27. The molecule has 5 rings (SSSR count). The molecule has 0 saturated heterocycles. The van der Waals surface area contributed by atoms with Crippen molar-refractivity contribution in [1.82, 2.24) is 9.78 Å². The summed E-state index contributed by atoms with van der Waals surface area (Å²) in [5.41, 5.74) is 6.56. The number of anilines is 1. The highest BCUT2D eigenvalue weighted by Crippen LogP contribution is 2.42. The van der Waals surface area contributed by atoms with E-state index in [9.17, 15) is 9.59 Å². The maximum absolute atomic E-state index is 15.1. The van der Waals surface area contributed by atoms with Crippen LogP contribution in [0.4, 0.5) is 10.1 Å². The lowest BCUT2D eigenvalue weighted by Crippen LogP contribution is -2.11. The van der Waals surface area contributed by atoms with Gasteiger partial charge in [0.15, 0.2) is 0 Å². The van der Waals surface area contributed by atoms with Crippen molar-refractivity contribution in [3.05, 3.63) is 119 Å². The van der Waals surface area contributed by atoms with E-state index in [2.05, 4.69) is 5.32 Å². The third-order valence-electron chi connectivity index (χ3n) is 6.54. The zero-order valence-corrected chi connectivity index (χ0v) is 22.7. The third-order valence-corrected chi connectivity index (χ3v) is 6.54. The standard InChI is InChI=1S/C33H28FN3O3/c1-20-9-12-25(13-10-20)32(39)35-26-16-14-24(15-17-26)30-31(27-7-5-6-8-28(27)34)36-37(33(30)40-23(4)38)29-18-11-21(2)19-22(29)3/h5-19H,1-4H3,(H,35,39). The first kappa shape index (κ1) is 26.6. The molecular weight excluding hydrogens is 505 g/mol. The Morgan fingerprint density at radius 1 is 0.850 bits per heavy atom. The van der Waals surface area contributed by atoms with Gasteiger partial charge in [-0.05, 0) is 74.4 Å². The van der Waals surface area contributed by atoms with Crippen LogP contribution in [0.15, 0.2) is 91.0 Å². The van der Waals surface area contributed by atoms with Gasteiger partial charge in [-0.15, -0.1) is 0 Å². The second kappa shape index (κ2) is 11.0. The fourth-order valence-electron chi connectivity index (χ4n) is 4.57. The van der Waals surface area contributed by atoms with E-state index in [-0.39, 0.29) is 17.4 Å². The summed E-state index contributed by atoms with van der Waals surface area (Å²) in [6.07, 6.45) is 0. The van der Waals surface area contributed by atoms with E-state index in [0.717, 1.165) is 16.7 Å². The summed E-state index contributed by atoms with van der Waals surface area (Å²) in [5.74, 6) is -1.04. The first-order valence-corrected chi connectivity index (χ1v) is 12.8. The maximum Gasteiger partial charge on any atom is 0.309 e. The second-order valence-electron chi connectivity index (χ2n) is 9.70. The highest BCUT2D eigenvalue weighted by atomic mass is 19.1. The Hall–Kier alpha value is -5.04. The molecule has 5 aromatic rings. The van der Waals surface area contributed by atoms with E-state index >= 15 is 4.39 Å². The number of benzene rings is 4. The Morgan fingerprint density at radius 3 is 2.17 bits per heavy atom. The number of esters is 1. The monoisotopic (exact) mass is 533 g/mol. The predicted octanol–water partition coefficient (Wildman–Crippen LogP) is 7.45. The van der Waals surface area contributed by atoms with Crippen LogP contribution in [-0.4, -0.2) is 21.7 Å². The minimum absolute atomic E-state index is 0.175. The zero-order chi connectivity index (χ0) is 28.4. The molecule has 4 aromatic carbocycles. The third kappa shape index (κ3) is 5.40. The number of carbonyl (C=O) groups excluding carboxylic acids is 2. The molecule has 1 N–H and O–H groups in total. The van der Waals surface area contributed by atoms with E-state index in [1.165, 1.54) is 13.0 Å². The van der Waals surface area contributed by atoms with Crippen LogP contribution >= 0.6 is 0 Å². The number of carbonyl (C=O) groups is 2. The van der Waals surface area contributed by atoms with Crippen molar-refractivity contribution in [1.29, 1.82) is 0 Å². The molecule has 0 fully saturated rings. The number of nitrogens with one attached hydrogen (secondary N) is 1. The van der Waals surface area contributed by atoms with Crippen LogP contribution in [0.2, 0.25) is 0 Å². The van der Waals surface area contributed by atoms with Gasteiger partial charge >= 0.3 is 5.97 Å². The van der Waals surface area contributed by atoms with E-state index in [0.29, 0.717) is 33.8 Å². The Kier molecular flexibility index (Phi) is 7.29. The van der Waals surface area contributed by atoms with Crippen LogP contribution < -0.4 is 10.1 Å². The smallest absolute Gasteiger partial charge is 0.309 e.